The Balaban J connectivity index is 0.000000221. The van der Waals surface area contributed by atoms with E-state index in [9.17, 15) is 9.90 Å². The Bertz CT molecular complexity index is 1590. The summed E-state index contributed by atoms with van der Waals surface area (Å²) >= 11 is 0. The number of carbonyl (C=O) groups excluding carboxylic acids is 1. The first-order chi connectivity index (χ1) is 21.6. The number of aromatic nitrogens is 2. The van der Waals surface area contributed by atoms with Crippen molar-refractivity contribution < 1.29 is 30.0 Å². The van der Waals surface area contributed by atoms with Gasteiger partial charge >= 0.3 is 0 Å². The van der Waals surface area contributed by atoms with Crippen molar-refractivity contribution >= 4 is 27.5 Å². The number of ketones is 1. The molecule has 4 aromatic rings. The number of hydrogen-bond donors (Lipinski definition) is 1. The van der Waals surface area contributed by atoms with E-state index in [0.29, 0.717) is 11.7 Å². The second-order valence-corrected chi connectivity index (χ2v) is 13.5. The molecule has 1 radical (unpaired) electrons. The minimum absolute atomic E-state index is 0. The molecule has 0 aliphatic heterocycles. The smallest absolute Gasteiger partial charge is 0.162 e. The van der Waals surface area contributed by atoms with Crippen molar-refractivity contribution in [3.05, 3.63) is 84.4 Å². The molecule has 247 valence electrons. The maximum atomic E-state index is 12.0. The number of fused-ring (bicyclic) bond motifs is 2. The molecule has 0 unspecified atom stereocenters. The molecular formula is C41H51IrN2O2-. The summed E-state index contributed by atoms with van der Waals surface area (Å²) in [7, 11) is 0. The topological polar surface area (TPSA) is 63.1 Å². The number of rotatable bonds is 5. The number of aliphatic hydroxyl groups is 1. The van der Waals surface area contributed by atoms with Gasteiger partial charge in [-0.05, 0) is 73.1 Å². The fourth-order valence-electron chi connectivity index (χ4n) is 7.65. The molecule has 0 saturated heterocycles. The summed E-state index contributed by atoms with van der Waals surface area (Å²) in [6, 6.07) is 22.7. The molecule has 5 heteroatoms. The van der Waals surface area contributed by atoms with Crippen LogP contribution in [0, 0.1) is 23.8 Å². The van der Waals surface area contributed by atoms with Crippen LogP contribution in [0.2, 0.25) is 0 Å². The van der Waals surface area contributed by atoms with Crippen LogP contribution < -0.4 is 0 Å². The SMILES string of the molecule is C.CC1CCC(c2ccc3c(-c4[c-]ccc5ccccc45)ncnc3c2)CC1.O=C(C=C(O)C1CCCCC1)C1CCCCC1.[Ir]. The van der Waals surface area contributed by atoms with Gasteiger partial charge in [0.05, 0.1) is 11.3 Å². The average molecular weight is 796 g/mol. The van der Waals surface area contributed by atoms with Crippen molar-refractivity contribution in [2.75, 3.05) is 0 Å². The molecule has 0 spiro atoms. The third-order valence-electron chi connectivity index (χ3n) is 10.4. The van der Waals surface area contributed by atoms with Gasteiger partial charge in [0, 0.05) is 38.0 Å². The van der Waals surface area contributed by atoms with Crippen LogP contribution in [-0.2, 0) is 24.9 Å². The molecule has 3 saturated carbocycles. The Hall–Kier alpha value is -2.88. The van der Waals surface area contributed by atoms with Gasteiger partial charge in [-0.3, -0.25) is 9.78 Å². The summed E-state index contributed by atoms with van der Waals surface area (Å²) < 4.78 is 0. The second-order valence-electron chi connectivity index (χ2n) is 13.5. The standard InChI is InChI=1S/C25H23N2.C15H24O2.CH4.Ir/c1-17-9-11-18(12-10-17)20-13-14-23-24(15-20)26-16-27-25(23)22-8-4-6-19-5-2-3-7-21(19)22;16-14(12-7-3-1-4-8-12)11-15(17)13-9-5-2-6-10-13;;/h2-7,13-18H,9-12H2,1H3;11-13,16H,1-10H2;1H4;/q-1;;;. The Kier molecular flexibility index (Phi) is 13.5. The Morgan fingerprint density at radius 1 is 0.804 bits per heavy atom. The molecule has 0 atom stereocenters. The summed E-state index contributed by atoms with van der Waals surface area (Å²) in [5.74, 6) is 2.53. The molecule has 0 bridgehead atoms. The van der Waals surface area contributed by atoms with Gasteiger partial charge in [0.2, 0.25) is 0 Å². The quantitative estimate of drug-likeness (QED) is 0.124. The van der Waals surface area contributed by atoms with Crippen LogP contribution in [0.1, 0.15) is 116 Å². The minimum Gasteiger partial charge on any atom is -0.512 e. The van der Waals surface area contributed by atoms with Crippen molar-refractivity contribution in [1.82, 2.24) is 9.97 Å². The van der Waals surface area contributed by atoms with Gasteiger partial charge in [0.15, 0.2) is 5.78 Å². The van der Waals surface area contributed by atoms with Crippen molar-refractivity contribution in [2.24, 2.45) is 17.8 Å². The summed E-state index contributed by atoms with van der Waals surface area (Å²) in [4.78, 5) is 21.2. The van der Waals surface area contributed by atoms with E-state index in [1.807, 2.05) is 6.07 Å². The molecule has 4 nitrogen and oxygen atoms in total. The van der Waals surface area contributed by atoms with Crippen LogP contribution in [0.25, 0.3) is 32.9 Å². The Morgan fingerprint density at radius 3 is 2.20 bits per heavy atom. The van der Waals surface area contributed by atoms with Crippen molar-refractivity contribution in [2.45, 2.75) is 110 Å². The first kappa shape index (κ1) is 36.0. The monoisotopic (exact) mass is 796 g/mol. The van der Waals surface area contributed by atoms with Gasteiger partial charge in [-0.1, -0.05) is 108 Å². The molecule has 3 aromatic carbocycles. The predicted molar refractivity (Wildman–Crippen MR) is 187 cm³/mol. The summed E-state index contributed by atoms with van der Waals surface area (Å²) in [6.45, 7) is 2.37. The van der Waals surface area contributed by atoms with E-state index in [1.165, 1.54) is 80.5 Å². The minimum atomic E-state index is 0. The number of hydrogen-bond acceptors (Lipinski definition) is 4. The summed E-state index contributed by atoms with van der Waals surface area (Å²) in [5, 5.41) is 13.5. The molecule has 7 rings (SSSR count). The third-order valence-corrected chi connectivity index (χ3v) is 10.4. The van der Waals surface area contributed by atoms with E-state index >= 15 is 0 Å². The van der Waals surface area contributed by atoms with Crippen molar-refractivity contribution in [3.8, 4) is 11.3 Å². The second kappa shape index (κ2) is 17.3. The van der Waals surface area contributed by atoms with Crippen LogP contribution in [0.3, 0.4) is 0 Å². The molecule has 0 amide bonds. The number of nitrogens with zero attached hydrogens (tertiary/aromatic N) is 2. The van der Waals surface area contributed by atoms with Crippen LogP contribution in [0.5, 0.6) is 0 Å². The molecule has 3 aliphatic carbocycles. The fourth-order valence-corrected chi connectivity index (χ4v) is 7.65. The van der Waals surface area contributed by atoms with E-state index in [2.05, 4.69) is 71.5 Å². The van der Waals surface area contributed by atoms with Crippen LogP contribution in [0.4, 0.5) is 0 Å². The van der Waals surface area contributed by atoms with E-state index in [-0.39, 0.29) is 45.2 Å². The van der Waals surface area contributed by atoms with E-state index in [1.54, 1.807) is 12.4 Å². The maximum absolute atomic E-state index is 12.0. The molecule has 46 heavy (non-hydrogen) atoms. The van der Waals surface area contributed by atoms with Crippen molar-refractivity contribution in [3.63, 3.8) is 0 Å². The van der Waals surface area contributed by atoms with Gasteiger partial charge in [-0.15, -0.1) is 29.1 Å². The number of carbonyl (C=O) groups is 1. The Labute approximate surface area is 289 Å². The molecule has 1 N–H and O–H groups in total. The summed E-state index contributed by atoms with van der Waals surface area (Å²) in [6.07, 6.45) is 19.9. The number of allylic oxidation sites excluding steroid dienone is 2. The zero-order chi connectivity index (χ0) is 30.3. The number of benzene rings is 3. The number of aliphatic hydroxyl groups excluding tert-OH is 1. The van der Waals surface area contributed by atoms with Gasteiger partial charge in [-0.2, -0.15) is 0 Å². The zero-order valence-corrected chi connectivity index (χ0v) is 29.0. The normalized spacial score (nSPS) is 21.0. The first-order valence-corrected chi connectivity index (χ1v) is 17.2. The van der Waals surface area contributed by atoms with E-state index in [4.69, 9.17) is 0 Å². The van der Waals surface area contributed by atoms with Gasteiger partial charge in [0.1, 0.15) is 6.33 Å². The molecular weight excluding hydrogens is 745 g/mol. The van der Waals surface area contributed by atoms with Gasteiger partial charge < -0.3 is 5.11 Å². The Morgan fingerprint density at radius 2 is 1.48 bits per heavy atom. The average Bonchev–Trinajstić information content (AvgIpc) is 3.09. The van der Waals surface area contributed by atoms with Crippen molar-refractivity contribution in [1.29, 1.82) is 0 Å². The molecule has 1 heterocycles. The molecule has 3 aliphatic rings. The molecule has 3 fully saturated rings. The van der Waals surface area contributed by atoms with Crippen LogP contribution >= 0.6 is 0 Å². The van der Waals surface area contributed by atoms with Gasteiger partial charge in [0.25, 0.3) is 0 Å². The molecule has 1 aromatic heterocycles. The van der Waals surface area contributed by atoms with Gasteiger partial charge in [-0.25, -0.2) is 4.98 Å². The van der Waals surface area contributed by atoms with E-state index in [0.717, 1.165) is 53.8 Å². The van der Waals surface area contributed by atoms with Crippen LogP contribution in [0.15, 0.2) is 72.8 Å². The largest absolute Gasteiger partial charge is 0.512 e. The third kappa shape index (κ3) is 8.72. The van der Waals surface area contributed by atoms with Crippen LogP contribution in [-0.4, -0.2) is 20.9 Å². The van der Waals surface area contributed by atoms with E-state index < -0.39 is 0 Å². The maximum Gasteiger partial charge on any atom is 0.162 e. The zero-order valence-electron chi connectivity index (χ0n) is 26.6. The first-order valence-electron chi connectivity index (χ1n) is 17.2. The fraction of sp³-hybridized carbons (Fsp3) is 0.488. The predicted octanol–water partition coefficient (Wildman–Crippen LogP) is 11.3. The summed E-state index contributed by atoms with van der Waals surface area (Å²) in [5.41, 5.74) is 4.50.